The molecule has 0 spiro atoms. The number of benzene rings is 1. The van der Waals surface area contributed by atoms with Crippen molar-refractivity contribution in [2.75, 3.05) is 0 Å². The van der Waals surface area contributed by atoms with Crippen molar-refractivity contribution >= 4 is 47.0 Å². The molecule has 1 aliphatic rings. The van der Waals surface area contributed by atoms with Crippen LogP contribution in [0.15, 0.2) is 23.3 Å². The first-order valence-corrected chi connectivity index (χ1v) is 6.99. The Morgan fingerprint density at radius 1 is 1.30 bits per heavy atom. The summed E-state index contributed by atoms with van der Waals surface area (Å²) in [7, 11) is 0. The summed E-state index contributed by atoms with van der Waals surface area (Å²) in [5.74, 6) is 0.0336. The normalized spacial score (nSPS) is 18.8. The van der Waals surface area contributed by atoms with E-state index in [0.29, 0.717) is 15.8 Å². The van der Waals surface area contributed by atoms with Gasteiger partial charge in [0, 0.05) is 23.3 Å². The number of fused-ring (bicyclic) bond motifs is 1. The number of hydrogen-bond donors (Lipinski definition) is 3. The molecule has 3 rings (SSSR count). The van der Waals surface area contributed by atoms with Crippen LogP contribution in [0.1, 0.15) is 18.9 Å². The maximum absolute atomic E-state index is 11.3. The maximum Gasteiger partial charge on any atom is 0.240 e. The Labute approximate surface area is 125 Å². The minimum atomic E-state index is -0.0520. The van der Waals surface area contributed by atoms with Crippen LogP contribution in [0.4, 0.5) is 0 Å². The van der Waals surface area contributed by atoms with Crippen molar-refractivity contribution in [1.29, 1.82) is 0 Å². The number of amides is 1. The molecule has 1 aromatic carbocycles. The number of rotatable bonds is 1. The molecule has 5 nitrogen and oxygen atoms in total. The van der Waals surface area contributed by atoms with Gasteiger partial charge in [-0.1, -0.05) is 25.2 Å². The molecular formula is C13H12N4OS2. The number of nitrogens with one attached hydrogen (secondary N) is 3. The molecule has 2 aromatic rings. The highest BCUT2D eigenvalue weighted by atomic mass is 32.1. The lowest BCUT2D eigenvalue weighted by molar-refractivity contribution is -0.121. The molecule has 3 N–H and O–H groups in total. The summed E-state index contributed by atoms with van der Waals surface area (Å²) in [6.07, 6.45) is 0.446. The van der Waals surface area contributed by atoms with Crippen molar-refractivity contribution in [3.05, 3.63) is 33.2 Å². The number of hydrogen-bond acceptors (Lipinski definition) is 4. The van der Waals surface area contributed by atoms with E-state index in [4.69, 9.17) is 24.4 Å². The zero-order chi connectivity index (χ0) is 14.3. The van der Waals surface area contributed by atoms with Crippen LogP contribution in [-0.2, 0) is 4.79 Å². The van der Waals surface area contributed by atoms with Gasteiger partial charge in [-0.15, -0.1) is 0 Å². The van der Waals surface area contributed by atoms with Gasteiger partial charge in [0.1, 0.15) is 4.64 Å². The summed E-state index contributed by atoms with van der Waals surface area (Å²) in [5, 5.41) is 5.06. The van der Waals surface area contributed by atoms with Crippen LogP contribution in [0.3, 0.4) is 0 Å². The van der Waals surface area contributed by atoms with Gasteiger partial charge >= 0.3 is 0 Å². The predicted octanol–water partition coefficient (Wildman–Crippen LogP) is 2.82. The highest BCUT2D eigenvalue weighted by molar-refractivity contribution is 7.72. The topological polar surface area (TPSA) is 73.0 Å². The lowest BCUT2D eigenvalue weighted by Crippen LogP contribution is -2.31. The lowest BCUT2D eigenvalue weighted by Gasteiger charge is -2.19. The zero-order valence-electron chi connectivity index (χ0n) is 10.7. The number of carbonyl (C=O) groups excluding carboxylic acids is 1. The Morgan fingerprint density at radius 3 is 2.85 bits per heavy atom. The Bertz CT molecular complexity index is 849. The third-order valence-electron chi connectivity index (χ3n) is 3.29. The lowest BCUT2D eigenvalue weighted by atomic mass is 9.93. The van der Waals surface area contributed by atoms with E-state index in [1.165, 1.54) is 0 Å². The Balaban J connectivity index is 2.16. The SMILES string of the molecule is CC1CC(=O)NN=C1c1ccc2c(=S)[nH]c(=S)[nH]c2c1. The molecule has 1 amide bonds. The molecule has 1 aliphatic heterocycles. The van der Waals surface area contributed by atoms with Gasteiger partial charge in [-0.2, -0.15) is 5.10 Å². The average Bonchev–Trinajstić information content (AvgIpc) is 2.37. The van der Waals surface area contributed by atoms with Gasteiger partial charge in [-0.05, 0) is 24.4 Å². The van der Waals surface area contributed by atoms with Gasteiger partial charge in [-0.3, -0.25) is 4.79 Å². The van der Waals surface area contributed by atoms with E-state index >= 15 is 0 Å². The number of aromatic nitrogens is 2. The molecular weight excluding hydrogens is 292 g/mol. The van der Waals surface area contributed by atoms with Crippen LogP contribution in [0.5, 0.6) is 0 Å². The summed E-state index contributed by atoms with van der Waals surface area (Å²) in [5.41, 5.74) is 5.21. The molecule has 7 heteroatoms. The molecule has 0 saturated carbocycles. The molecule has 0 saturated heterocycles. The van der Waals surface area contributed by atoms with Gasteiger partial charge in [0.2, 0.25) is 5.91 Å². The molecule has 0 bridgehead atoms. The second kappa shape index (κ2) is 4.92. The predicted molar refractivity (Wildman–Crippen MR) is 82.8 cm³/mol. The molecule has 0 fully saturated rings. The van der Waals surface area contributed by atoms with Crippen LogP contribution in [-0.4, -0.2) is 21.6 Å². The van der Waals surface area contributed by atoms with Crippen molar-refractivity contribution in [2.24, 2.45) is 11.0 Å². The van der Waals surface area contributed by atoms with Crippen LogP contribution in [0.25, 0.3) is 10.9 Å². The number of hydrazone groups is 1. The first kappa shape index (κ1) is 13.1. The highest BCUT2D eigenvalue weighted by Gasteiger charge is 2.21. The molecule has 102 valence electrons. The molecule has 1 aromatic heterocycles. The summed E-state index contributed by atoms with van der Waals surface area (Å²) < 4.78 is 1.11. The minimum absolute atomic E-state index is 0.0520. The van der Waals surface area contributed by atoms with Crippen molar-refractivity contribution in [2.45, 2.75) is 13.3 Å². The smallest absolute Gasteiger partial charge is 0.240 e. The number of carbonyl (C=O) groups is 1. The summed E-state index contributed by atoms with van der Waals surface area (Å²) in [6, 6.07) is 5.84. The van der Waals surface area contributed by atoms with E-state index in [9.17, 15) is 4.79 Å². The maximum atomic E-state index is 11.3. The Morgan fingerprint density at radius 2 is 2.10 bits per heavy atom. The van der Waals surface area contributed by atoms with E-state index in [2.05, 4.69) is 20.5 Å². The second-order valence-electron chi connectivity index (χ2n) is 4.81. The van der Waals surface area contributed by atoms with Crippen molar-refractivity contribution in [3.63, 3.8) is 0 Å². The van der Waals surface area contributed by atoms with E-state index in [0.717, 1.165) is 22.2 Å². The fourth-order valence-corrected chi connectivity index (χ4v) is 2.89. The van der Waals surface area contributed by atoms with Crippen LogP contribution in [0.2, 0.25) is 0 Å². The van der Waals surface area contributed by atoms with E-state index in [1.807, 2.05) is 25.1 Å². The van der Waals surface area contributed by atoms with Crippen LogP contribution >= 0.6 is 24.4 Å². The van der Waals surface area contributed by atoms with Crippen molar-refractivity contribution in [1.82, 2.24) is 15.4 Å². The molecule has 1 unspecified atom stereocenters. The third-order valence-corrected chi connectivity index (χ3v) is 3.82. The second-order valence-corrected chi connectivity index (χ2v) is 5.62. The Hall–Kier alpha value is -1.86. The van der Waals surface area contributed by atoms with E-state index in [1.54, 1.807) is 0 Å². The van der Waals surface area contributed by atoms with Gasteiger partial charge in [-0.25, -0.2) is 5.43 Å². The third kappa shape index (κ3) is 2.30. The zero-order valence-corrected chi connectivity index (χ0v) is 12.3. The monoisotopic (exact) mass is 304 g/mol. The van der Waals surface area contributed by atoms with Gasteiger partial charge in [0.15, 0.2) is 4.77 Å². The highest BCUT2D eigenvalue weighted by Crippen LogP contribution is 2.20. The fraction of sp³-hybridized carbons (Fsp3) is 0.231. The van der Waals surface area contributed by atoms with E-state index < -0.39 is 0 Å². The molecule has 2 heterocycles. The van der Waals surface area contributed by atoms with Crippen molar-refractivity contribution < 1.29 is 4.79 Å². The number of H-pyrrole nitrogens is 2. The summed E-state index contributed by atoms with van der Waals surface area (Å²) in [4.78, 5) is 17.3. The molecule has 1 atom stereocenters. The minimum Gasteiger partial charge on any atom is -0.332 e. The standard InChI is InChI=1S/C13H12N4OS2/c1-6-4-10(18)16-17-11(6)7-2-3-8-9(5-7)14-13(20)15-12(8)19/h2-3,5-6H,4H2,1H3,(H,16,18)(H2,14,15,19,20). The number of nitrogens with zero attached hydrogens (tertiary/aromatic N) is 1. The van der Waals surface area contributed by atoms with Crippen LogP contribution < -0.4 is 5.43 Å². The quantitative estimate of drug-likeness (QED) is 0.709. The van der Waals surface area contributed by atoms with Gasteiger partial charge < -0.3 is 9.97 Å². The largest absolute Gasteiger partial charge is 0.332 e. The Kier molecular flexibility index (Phi) is 3.23. The average molecular weight is 304 g/mol. The molecule has 0 aliphatic carbocycles. The van der Waals surface area contributed by atoms with Gasteiger partial charge in [0.05, 0.1) is 11.2 Å². The van der Waals surface area contributed by atoms with Gasteiger partial charge in [0.25, 0.3) is 0 Å². The van der Waals surface area contributed by atoms with Crippen LogP contribution in [0, 0.1) is 15.3 Å². The van der Waals surface area contributed by atoms with E-state index in [-0.39, 0.29) is 11.8 Å². The fourth-order valence-electron chi connectivity index (χ4n) is 2.33. The first-order valence-electron chi connectivity index (χ1n) is 6.18. The summed E-state index contributed by atoms with van der Waals surface area (Å²) in [6.45, 7) is 1.99. The van der Waals surface area contributed by atoms with Crippen molar-refractivity contribution in [3.8, 4) is 0 Å². The molecule has 0 radical (unpaired) electrons. The number of aromatic amines is 2. The first-order chi connectivity index (χ1) is 9.54. The summed E-state index contributed by atoms with van der Waals surface area (Å²) >= 11 is 10.4. The molecule has 20 heavy (non-hydrogen) atoms.